The minimum absolute atomic E-state index is 0.0742. The molecule has 0 saturated heterocycles. The number of nitro benzene ring substituents is 1. The topological polar surface area (TPSA) is 93.2 Å². The molecule has 1 rings (SSSR count). The van der Waals surface area contributed by atoms with Crippen molar-refractivity contribution in [3.05, 3.63) is 33.9 Å². The van der Waals surface area contributed by atoms with Gasteiger partial charge in [0, 0.05) is 6.07 Å². The molecule has 0 bridgehead atoms. The van der Waals surface area contributed by atoms with Crippen molar-refractivity contribution >= 4 is 23.4 Å². The fourth-order valence-electron chi connectivity index (χ4n) is 1.49. The second-order valence-corrected chi connectivity index (χ2v) is 5.84. The van der Waals surface area contributed by atoms with Crippen molar-refractivity contribution in [3.8, 4) is 6.07 Å². The molecule has 6 nitrogen and oxygen atoms in total. The lowest BCUT2D eigenvalue weighted by Gasteiger charge is -2.06. The molecule has 0 unspecified atom stereocenters. The van der Waals surface area contributed by atoms with Crippen LogP contribution in [0.4, 0.5) is 5.69 Å². The first-order valence-electron chi connectivity index (χ1n) is 6.41. The summed E-state index contributed by atoms with van der Waals surface area (Å²) in [7, 11) is 0. The molecular weight excluding hydrogens is 292 g/mol. The monoisotopic (exact) mass is 308 g/mol. The lowest BCUT2D eigenvalue weighted by atomic mass is 10.2. The van der Waals surface area contributed by atoms with Gasteiger partial charge in [-0.1, -0.05) is 13.8 Å². The molecule has 0 N–H and O–H groups in total. The van der Waals surface area contributed by atoms with E-state index in [4.69, 9.17) is 5.26 Å². The largest absolute Gasteiger partial charge is 0.447 e. The van der Waals surface area contributed by atoms with Crippen molar-refractivity contribution in [1.29, 1.82) is 5.26 Å². The van der Waals surface area contributed by atoms with Gasteiger partial charge in [0.15, 0.2) is 6.61 Å². The maximum absolute atomic E-state index is 11.6. The van der Waals surface area contributed by atoms with Crippen LogP contribution in [0.5, 0.6) is 0 Å². The van der Waals surface area contributed by atoms with E-state index in [0.29, 0.717) is 10.8 Å². The Morgan fingerprint density at radius 3 is 2.81 bits per heavy atom. The molecular formula is C14H16N2O4S. The summed E-state index contributed by atoms with van der Waals surface area (Å²) >= 11 is 1.40. The Bertz CT molecular complexity index is 567. The van der Waals surface area contributed by atoms with E-state index in [0.717, 1.165) is 12.2 Å². The zero-order valence-electron chi connectivity index (χ0n) is 11.9. The quantitative estimate of drug-likeness (QED) is 0.331. The number of nitriles is 1. The number of ether oxygens (including phenoxy) is 1. The van der Waals surface area contributed by atoms with E-state index in [9.17, 15) is 14.9 Å². The summed E-state index contributed by atoms with van der Waals surface area (Å²) in [4.78, 5) is 22.7. The third-order valence-corrected chi connectivity index (χ3v) is 3.71. The molecule has 0 heterocycles. The summed E-state index contributed by atoms with van der Waals surface area (Å²) in [6, 6.07) is 5.89. The number of nitro groups is 1. The van der Waals surface area contributed by atoms with E-state index in [-0.39, 0.29) is 17.9 Å². The van der Waals surface area contributed by atoms with Crippen molar-refractivity contribution < 1.29 is 14.5 Å². The zero-order valence-corrected chi connectivity index (χ0v) is 12.7. The minimum Gasteiger partial charge on any atom is -0.447 e. The highest BCUT2D eigenvalue weighted by Crippen LogP contribution is 2.31. The van der Waals surface area contributed by atoms with Gasteiger partial charge in [0.1, 0.15) is 6.07 Å². The average molecular weight is 308 g/mol. The average Bonchev–Trinajstić information content (AvgIpc) is 2.44. The molecule has 0 aliphatic heterocycles. The number of hydrogen-bond acceptors (Lipinski definition) is 6. The smallest absolute Gasteiger partial charge is 0.339 e. The highest BCUT2D eigenvalue weighted by molar-refractivity contribution is 7.99. The van der Waals surface area contributed by atoms with Crippen LogP contribution in [0.3, 0.4) is 0 Å². The van der Waals surface area contributed by atoms with E-state index < -0.39 is 10.9 Å². The Balaban J connectivity index is 2.89. The van der Waals surface area contributed by atoms with Gasteiger partial charge in [0.2, 0.25) is 0 Å². The van der Waals surface area contributed by atoms with Crippen LogP contribution in [0.2, 0.25) is 0 Å². The summed E-state index contributed by atoms with van der Waals surface area (Å²) in [5, 5.41) is 19.4. The van der Waals surface area contributed by atoms with Crippen LogP contribution in [0, 0.1) is 27.4 Å². The van der Waals surface area contributed by atoms with Crippen LogP contribution >= 0.6 is 11.8 Å². The molecule has 0 aliphatic rings. The standard InChI is InChI=1S/C14H16N2O4S/c1-10(2)5-8-21-13-4-3-11(9-12(13)16(18)19)14(17)20-7-6-15/h3-4,9-10H,5,7-8H2,1-2H3. The van der Waals surface area contributed by atoms with Gasteiger partial charge in [-0.3, -0.25) is 10.1 Å². The summed E-state index contributed by atoms with van der Waals surface area (Å²) in [5.41, 5.74) is -0.0414. The van der Waals surface area contributed by atoms with Gasteiger partial charge in [-0.05, 0) is 30.2 Å². The second-order valence-electron chi connectivity index (χ2n) is 4.70. The summed E-state index contributed by atoms with van der Waals surface area (Å²) in [6.07, 6.45) is 0.952. The first-order chi connectivity index (χ1) is 9.95. The zero-order chi connectivity index (χ0) is 15.8. The molecule has 21 heavy (non-hydrogen) atoms. The Labute approximate surface area is 127 Å². The molecule has 1 aromatic rings. The third-order valence-electron chi connectivity index (χ3n) is 2.61. The van der Waals surface area contributed by atoms with Crippen molar-refractivity contribution in [2.24, 2.45) is 5.92 Å². The SMILES string of the molecule is CC(C)CCSc1ccc(C(=O)OCC#N)cc1[N+](=O)[O-]. The molecule has 0 amide bonds. The fourth-order valence-corrected chi connectivity index (χ4v) is 2.75. The Hall–Kier alpha value is -2.07. The molecule has 0 spiro atoms. The second kappa shape index (κ2) is 8.27. The summed E-state index contributed by atoms with van der Waals surface area (Å²) in [5.74, 6) is 0.562. The molecule has 1 aromatic carbocycles. The number of benzene rings is 1. The van der Waals surface area contributed by atoms with E-state index >= 15 is 0 Å². The van der Waals surface area contributed by atoms with Gasteiger partial charge < -0.3 is 4.74 Å². The van der Waals surface area contributed by atoms with Crippen LogP contribution in [0.25, 0.3) is 0 Å². The number of esters is 1. The Morgan fingerprint density at radius 1 is 1.52 bits per heavy atom. The number of carbonyl (C=O) groups excluding carboxylic acids is 1. The number of rotatable bonds is 7. The molecule has 0 radical (unpaired) electrons. The van der Waals surface area contributed by atoms with Gasteiger partial charge in [-0.25, -0.2) is 4.79 Å². The van der Waals surface area contributed by atoms with Crippen LogP contribution in [0.15, 0.2) is 23.1 Å². The highest BCUT2D eigenvalue weighted by Gasteiger charge is 2.18. The van der Waals surface area contributed by atoms with E-state index in [2.05, 4.69) is 18.6 Å². The number of nitrogens with zero attached hydrogens (tertiary/aromatic N) is 2. The van der Waals surface area contributed by atoms with E-state index in [1.54, 1.807) is 12.1 Å². The van der Waals surface area contributed by atoms with Crippen molar-refractivity contribution in [1.82, 2.24) is 0 Å². The first kappa shape index (κ1) is 17.0. The van der Waals surface area contributed by atoms with E-state index in [1.165, 1.54) is 23.9 Å². The molecule has 7 heteroatoms. The van der Waals surface area contributed by atoms with Gasteiger partial charge in [-0.2, -0.15) is 5.26 Å². The first-order valence-corrected chi connectivity index (χ1v) is 7.39. The number of thioether (sulfide) groups is 1. The lowest BCUT2D eigenvalue weighted by Crippen LogP contribution is -2.06. The number of hydrogen-bond donors (Lipinski definition) is 0. The minimum atomic E-state index is -0.738. The Morgan fingerprint density at radius 2 is 2.24 bits per heavy atom. The molecule has 0 aliphatic carbocycles. The number of carbonyl (C=O) groups is 1. The Kier molecular flexibility index (Phi) is 6.69. The van der Waals surface area contributed by atoms with Gasteiger partial charge >= 0.3 is 5.97 Å². The normalized spacial score (nSPS) is 10.2. The predicted molar refractivity (Wildman–Crippen MR) is 79.2 cm³/mol. The third kappa shape index (κ3) is 5.44. The molecule has 0 saturated carbocycles. The maximum atomic E-state index is 11.6. The highest BCUT2D eigenvalue weighted by atomic mass is 32.2. The fraction of sp³-hybridized carbons (Fsp3) is 0.429. The maximum Gasteiger partial charge on any atom is 0.339 e. The van der Waals surface area contributed by atoms with Crippen molar-refractivity contribution in [3.63, 3.8) is 0 Å². The molecule has 0 atom stereocenters. The van der Waals surface area contributed by atoms with E-state index in [1.807, 2.05) is 0 Å². The summed E-state index contributed by atoms with van der Waals surface area (Å²) in [6.45, 7) is 3.80. The van der Waals surface area contributed by atoms with Crippen molar-refractivity contribution in [2.45, 2.75) is 25.2 Å². The predicted octanol–water partition coefficient (Wildman–Crippen LogP) is 3.41. The van der Waals surface area contributed by atoms with Crippen LogP contribution < -0.4 is 0 Å². The van der Waals surface area contributed by atoms with Gasteiger partial charge in [-0.15, -0.1) is 11.8 Å². The summed E-state index contributed by atoms with van der Waals surface area (Å²) < 4.78 is 4.63. The van der Waals surface area contributed by atoms with Gasteiger partial charge in [0.05, 0.1) is 15.4 Å². The molecule has 0 fully saturated rings. The van der Waals surface area contributed by atoms with Crippen molar-refractivity contribution in [2.75, 3.05) is 12.4 Å². The van der Waals surface area contributed by atoms with Crippen LogP contribution in [-0.4, -0.2) is 23.3 Å². The molecule has 112 valence electrons. The molecule has 0 aromatic heterocycles. The van der Waals surface area contributed by atoms with Crippen LogP contribution in [-0.2, 0) is 4.74 Å². The van der Waals surface area contributed by atoms with Gasteiger partial charge in [0.25, 0.3) is 5.69 Å². The van der Waals surface area contributed by atoms with Crippen LogP contribution in [0.1, 0.15) is 30.6 Å². The lowest BCUT2D eigenvalue weighted by molar-refractivity contribution is -0.387.